The molecule has 0 amide bonds. The van der Waals surface area contributed by atoms with Crippen molar-refractivity contribution in [3.63, 3.8) is 0 Å². The molecule has 3 aromatic carbocycles. The van der Waals surface area contributed by atoms with Gasteiger partial charge in [0.1, 0.15) is 5.75 Å². The van der Waals surface area contributed by atoms with Crippen LogP contribution in [0.15, 0.2) is 76.7 Å². The van der Waals surface area contributed by atoms with E-state index in [2.05, 4.69) is 9.93 Å². The van der Waals surface area contributed by atoms with Gasteiger partial charge in [0.25, 0.3) is 10.0 Å². The molecule has 0 heterocycles. The summed E-state index contributed by atoms with van der Waals surface area (Å²) >= 11 is 0. The lowest BCUT2D eigenvalue weighted by atomic mass is 10.1. The Morgan fingerprint density at radius 2 is 1.75 bits per heavy atom. The molecule has 1 atom stereocenters. The number of carboxylic acid groups (broad SMARTS) is 1. The van der Waals surface area contributed by atoms with Gasteiger partial charge in [-0.15, -0.1) is 0 Å². The molecule has 0 bridgehead atoms. The Morgan fingerprint density at radius 1 is 1.07 bits per heavy atom. The Labute approximate surface area is 162 Å². The van der Waals surface area contributed by atoms with E-state index in [9.17, 15) is 13.2 Å². The number of nitrogens with zero attached hydrogens (tertiary/aromatic N) is 1. The molecule has 0 aliphatic rings. The smallest absolute Gasteiger partial charge is 0.344 e. The molecule has 0 fully saturated rings. The second-order valence-corrected chi connectivity index (χ2v) is 7.69. The highest BCUT2D eigenvalue weighted by atomic mass is 32.2. The topological polar surface area (TPSA) is 105 Å². The lowest BCUT2D eigenvalue weighted by Crippen LogP contribution is -2.22. The van der Waals surface area contributed by atoms with Crippen molar-refractivity contribution >= 4 is 33.0 Å². The van der Waals surface area contributed by atoms with Crippen LogP contribution in [-0.2, 0) is 14.8 Å². The normalized spacial score (nSPS) is 12.8. The van der Waals surface area contributed by atoms with Gasteiger partial charge in [-0.3, -0.25) is 0 Å². The van der Waals surface area contributed by atoms with Crippen LogP contribution in [-0.4, -0.2) is 31.8 Å². The van der Waals surface area contributed by atoms with Gasteiger partial charge in [0, 0.05) is 0 Å². The number of hydrazone groups is 1. The summed E-state index contributed by atoms with van der Waals surface area (Å²) in [6.07, 6.45) is 0.386. The molecule has 0 aromatic heterocycles. The Bertz CT molecular complexity index is 1120. The summed E-state index contributed by atoms with van der Waals surface area (Å²) in [7, 11) is -3.79. The lowest BCUT2D eigenvalue weighted by molar-refractivity contribution is -0.144. The van der Waals surface area contributed by atoms with Crippen molar-refractivity contribution in [3.05, 3.63) is 72.3 Å². The van der Waals surface area contributed by atoms with Crippen molar-refractivity contribution in [1.29, 1.82) is 0 Å². The summed E-state index contributed by atoms with van der Waals surface area (Å²) < 4.78 is 30.0. The predicted octanol–water partition coefficient (Wildman–Crippen LogP) is 3.00. The van der Waals surface area contributed by atoms with Crippen molar-refractivity contribution in [1.82, 2.24) is 4.83 Å². The van der Waals surface area contributed by atoms with E-state index in [1.165, 1.54) is 19.2 Å². The van der Waals surface area contributed by atoms with Crippen LogP contribution in [0.3, 0.4) is 0 Å². The highest BCUT2D eigenvalue weighted by molar-refractivity contribution is 7.89. The molecule has 0 aliphatic carbocycles. The van der Waals surface area contributed by atoms with Gasteiger partial charge >= 0.3 is 5.97 Å². The summed E-state index contributed by atoms with van der Waals surface area (Å²) in [5, 5.41) is 14.4. The maximum Gasteiger partial charge on any atom is 0.344 e. The summed E-state index contributed by atoms with van der Waals surface area (Å²) in [6, 6.07) is 18.8. The molecule has 0 saturated heterocycles. The highest BCUT2D eigenvalue weighted by Crippen LogP contribution is 2.19. The number of carbonyl (C=O) groups is 1. The minimum Gasteiger partial charge on any atom is -0.479 e. The van der Waals surface area contributed by atoms with Crippen LogP contribution in [0.2, 0.25) is 0 Å². The Morgan fingerprint density at radius 3 is 2.43 bits per heavy atom. The molecule has 0 spiro atoms. The minimum atomic E-state index is -3.79. The minimum absolute atomic E-state index is 0.120. The number of fused-ring (bicyclic) bond motifs is 1. The van der Waals surface area contributed by atoms with E-state index < -0.39 is 22.1 Å². The third-order valence-electron chi connectivity index (χ3n) is 3.96. The number of hydrogen-bond donors (Lipinski definition) is 2. The van der Waals surface area contributed by atoms with Crippen LogP contribution in [0, 0.1) is 0 Å². The first-order valence-electron chi connectivity index (χ1n) is 8.38. The largest absolute Gasteiger partial charge is 0.479 e. The second kappa shape index (κ2) is 8.10. The average molecular weight is 398 g/mol. The van der Waals surface area contributed by atoms with Gasteiger partial charge in [-0.05, 0) is 59.7 Å². The first-order chi connectivity index (χ1) is 13.3. The fraction of sp³-hybridized carbons (Fsp3) is 0.100. The number of carboxylic acids is 1. The average Bonchev–Trinajstić information content (AvgIpc) is 2.68. The van der Waals surface area contributed by atoms with Crippen LogP contribution >= 0.6 is 0 Å². The second-order valence-electron chi connectivity index (χ2n) is 6.03. The zero-order chi connectivity index (χ0) is 20.1. The Balaban J connectivity index is 1.68. The lowest BCUT2D eigenvalue weighted by Gasteiger charge is -2.10. The number of benzene rings is 3. The Hall–Kier alpha value is -3.39. The van der Waals surface area contributed by atoms with E-state index >= 15 is 0 Å². The monoisotopic (exact) mass is 398 g/mol. The van der Waals surface area contributed by atoms with Crippen molar-refractivity contribution in [2.45, 2.75) is 17.9 Å². The molecular weight excluding hydrogens is 380 g/mol. The van der Waals surface area contributed by atoms with Crippen molar-refractivity contribution in [2.24, 2.45) is 5.10 Å². The zero-order valence-electron chi connectivity index (χ0n) is 14.9. The SMILES string of the molecule is C[C@@H](Oc1ccc(/C=N\NS(=O)(=O)c2ccc3ccccc3c2)cc1)C(=O)O. The molecular formula is C20H18N2O5S. The highest BCUT2D eigenvalue weighted by Gasteiger charge is 2.13. The van der Waals surface area contributed by atoms with E-state index in [1.807, 2.05) is 24.3 Å². The van der Waals surface area contributed by atoms with Gasteiger partial charge in [0.2, 0.25) is 0 Å². The molecule has 7 nitrogen and oxygen atoms in total. The van der Waals surface area contributed by atoms with Gasteiger partial charge in [-0.25, -0.2) is 9.63 Å². The number of sulfonamides is 1. The quantitative estimate of drug-likeness (QED) is 0.470. The molecule has 0 aliphatic heterocycles. The van der Waals surface area contributed by atoms with Crippen molar-refractivity contribution < 1.29 is 23.1 Å². The molecule has 2 N–H and O–H groups in total. The van der Waals surface area contributed by atoms with Crippen LogP contribution in [0.25, 0.3) is 10.8 Å². The van der Waals surface area contributed by atoms with Gasteiger partial charge in [-0.2, -0.15) is 13.5 Å². The number of nitrogens with one attached hydrogen (secondary N) is 1. The van der Waals surface area contributed by atoms with Crippen molar-refractivity contribution in [2.75, 3.05) is 0 Å². The van der Waals surface area contributed by atoms with Crippen LogP contribution in [0.5, 0.6) is 5.75 Å². The Kier molecular flexibility index (Phi) is 5.60. The number of hydrogen-bond acceptors (Lipinski definition) is 5. The fourth-order valence-electron chi connectivity index (χ4n) is 2.44. The standard InChI is InChI=1S/C20H18N2O5S/c1-14(20(23)24)27-18-9-6-15(7-10-18)13-21-22-28(25,26)19-11-8-16-4-2-3-5-17(16)12-19/h2-14,22H,1H3,(H,23,24)/b21-13-/t14-/m1/s1. The van der Waals surface area contributed by atoms with Gasteiger partial charge in [0.15, 0.2) is 6.10 Å². The fourth-order valence-corrected chi connectivity index (χ4v) is 3.27. The van der Waals surface area contributed by atoms with Crippen LogP contribution in [0.4, 0.5) is 0 Å². The van der Waals surface area contributed by atoms with Gasteiger partial charge in [0.05, 0.1) is 11.1 Å². The summed E-state index contributed by atoms with van der Waals surface area (Å²) in [5.41, 5.74) is 0.622. The number of rotatable bonds is 7. The van der Waals surface area contributed by atoms with E-state index in [-0.39, 0.29) is 4.90 Å². The maximum absolute atomic E-state index is 12.4. The molecule has 3 rings (SSSR count). The summed E-state index contributed by atoms with van der Waals surface area (Å²) in [5.74, 6) is -0.669. The molecule has 28 heavy (non-hydrogen) atoms. The van der Waals surface area contributed by atoms with E-state index in [4.69, 9.17) is 9.84 Å². The third-order valence-corrected chi connectivity index (χ3v) is 5.18. The number of ether oxygens (including phenoxy) is 1. The molecule has 144 valence electrons. The van der Waals surface area contributed by atoms with E-state index in [0.29, 0.717) is 11.3 Å². The molecule has 0 radical (unpaired) electrons. The zero-order valence-corrected chi connectivity index (χ0v) is 15.8. The van der Waals surface area contributed by atoms with Gasteiger partial charge in [-0.1, -0.05) is 30.3 Å². The first kappa shape index (κ1) is 19.4. The molecule has 0 saturated carbocycles. The van der Waals surface area contributed by atoms with E-state index in [1.54, 1.807) is 36.4 Å². The molecule has 3 aromatic rings. The van der Waals surface area contributed by atoms with E-state index in [0.717, 1.165) is 10.8 Å². The van der Waals surface area contributed by atoms with Crippen LogP contribution in [0.1, 0.15) is 12.5 Å². The predicted molar refractivity (Wildman–Crippen MR) is 106 cm³/mol. The third kappa shape index (κ3) is 4.66. The maximum atomic E-state index is 12.4. The molecule has 0 unspecified atom stereocenters. The van der Waals surface area contributed by atoms with Crippen LogP contribution < -0.4 is 9.57 Å². The molecule has 8 heteroatoms. The van der Waals surface area contributed by atoms with Crippen molar-refractivity contribution in [3.8, 4) is 5.75 Å². The summed E-state index contributed by atoms with van der Waals surface area (Å²) in [4.78, 5) is 13.1. The van der Waals surface area contributed by atoms with Gasteiger partial charge < -0.3 is 9.84 Å². The summed E-state index contributed by atoms with van der Waals surface area (Å²) in [6.45, 7) is 1.43. The first-order valence-corrected chi connectivity index (χ1v) is 9.87. The number of aliphatic carboxylic acids is 1.